The molecule has 1 aromatic heterocycles. The summed E-state index contributed by atoms with van der Waals surface area (Å²) in [6.45, 7) is 2.38. The van der Waals surface area contributed by atoms with Crippen LogP contribution in [0.2, 0.25) is 0 Å². The van der Waals surface area contributed by atoms with Crippen molar-refractivity contribution in [3.05, 3.63) is 15.6 Å². The zero-order valence-corrected chi connectivity index (χ0v) is 13.4. The highest BCUT2D eigenvalue weighted by Gasteiger charge is 2.15. The van der Waals surface area contributed by atoms with Crippen molar-refractivity contribution < 1.29 is 4.79 Å². The lowest BCUT2D eigenvalue weighted by Crippen LogP contribution is -2.29. The van der Waals surface area contributed by atoms with Crippen molar-refractivity contribution in [2.75, 3.05) is 0 Å². The first-order chi connectivity index (χ1) is 8.15. The second kappa shape index (κ2) is 8.74. The van der Waals surface area contributed by atoms with Gasteiger partial charge in [0.15, 0.2) is 0 Å². The number of nitrogens with one attached hydrogen (secondary N) is 1. The van der Waals surface area contributed by atoms with Crippen LogP contribution in [0.4, 0.5) is 0 Å². The van der Waals surface area contributed by atoms with Crippen LogP contribution in [0.25, 0.3) is 0 Å². The fourth-order valence-corrected chi connectivity index (χ4v) is 3.12. The molecule has 1 aromatic rings. The Morgan fingerprint density at radius 1 is 1.42 bits per heavy atom. The molecule has 1 aliphatic rings. The van der Waals surface area contributed by atoms with Gasteiger partial charge in [-0.2, -0.15) is 0 Å². The average molecular weight is 326 g/mol. The number of amides is 1. The molecule has 0 bridgehead atoms. The Morgan fingerprint density at radius 2 is 2.11 bits per heavy atom. The van der Waals surface area contributed by atoms with Crippen LogP contribution in [0.3, 0.4) is 0 Å². The number of carbonyl (C=O) groups is 1. The molecule has 0 radical (unpaired) electrons. The van der Waals surface area contributed by atoms with Gasteiger partial charge in [0.25, 0.3) is 0 Å². The van der Waals surface area contributed by atoms with E-state index >= 15 is 0 Å². The number of thiazole rings is 1. The summed E-state index contributed by atoms with van der Waals surface area (Å²) in [5.74, 6) is 0.00757. The highest BCUT2D eigenvalue weighted by molar-refractivity contribution is 7.11. The molecule has 0 spiro atoms. The van der Waals surface area contributed by atoms with Gasteiger partial charge in [-0.1, -0.05) is 0 Å². The first kappa shape index (κ1) is 18.6. The predicted octanol–water partition coefficient (Wildman–Crippen LogP) is 2.22. The molecule has 1 atom stereocenters. The Kier molecular flexibility index (Phi) is 8.57. The second-order valence-corrected chi connectivity index (χ2v) is 5.81. The molecule has 0 fully saturated rings. The average Bonchev–Trinajstić information content (AvgIpc) is 2.68. The standard InChI is InChI=1S/C12H19N3OS.2ClH/c1-8(13)6-11(16)14-7-12-15-9-4-2-3-5-10(9)17-12;;/h8H,2-7,13H2,1H3,(H,14,16);2*1H. The Labute approximate surface area is 130 Å². The van der Waals surface area contributed by atoms with Gasteiger partial charge in [0, 0.05) is 17.3 Å². The Bertz CT molecular complexity index is 386. The summed E-state index contributed by atoms with van der Waals surface area (Å²) in [6, 6.07) is -0.0838. The molecular formula is C12H21Cl2N3OS. The van der Waals surface area contributed by atoms with Gasteiger partial charge in [-0.25, -0.2) is 4.98 Å². The van der Waals surface area contributed by atoms with E-state index in [9.17, 15) is 4.79 Å². The van der Waals surface area contributed by atoms with Gasteiger partial charge in [-0.05, 0) is 32.6 Å². The maximum atomic E-state index is 11.5. The predicted molar refractivity (Wildman–Crippen MR) is 83.4 cm³/mol. The van der Waals surface area contributed by atoms with E-state index in [0.29, 0.717) is 13.0 Å². The monoisotopic (exact) mass is 325 g/mol. The van der Waals surface area contributed by atoms with Gasteiger partial charge in [0.2, 0.25) is 5.91 Å². The number of nitrogens with zero attached hydrogens (tertiary/aromatic N) is 1. The van der Waals surface area contributed by atoms with Crippen molar-refractivity contribution in [1.82, 2.24) is 10.3 Å². The van der Waals surface area contributed by atoms with Gasteiger partial charge >= 0.3 is 0 Å². The molecule has 3 N–H and O–H groups in total. The van der Waals surface area contributed by atoms with Crippen LogP contribution in [0, 0.1) is 0 Å². The number of nitrogens with two attached hydrogens (primary N) is 1. The number of aromatic nitrogens is 1. The van der Waals surface area contributed by atoms with Crippen LogP contribution in [-0.2, 0) is 24.2 Å². The smallest absolute Gasteiger partial charge is 0.221 e. The Morgan fingerprint density at radius 3 is 2.74 bits per heavy atom. The van der Waals surface area contributed by atoms with Crippen molar-refractivity contribution in [3.63, 3.8) is 0 Å². The molecule has 7 heteroatoms. The third-order valence-electron chi connectivity index (χ3n) is 2.83. The SMILES string of the molecule is CC(N)CC(=O)NCc1nc2c(s1)CCCC2.Cl.Cl. The lowest BCUT2D eigenvalue weighted by molar-refractivity contribution is -0.121. The van der Waals surface area contributed by atoms with Crippen LogP contribution < -0.4 is 11.1 Å². The van der Waals surface area contributed by atoms with E-state index in [1.54, 1.807) is 11.3 Å². The molecule has 1 aliphatic carbocycles. The topological polar surface area (TPSA) is 68.0 Å². The summed E-state index contributed by atoms with van der Waals surface area (Å²) in [7, 11) is 0. The Hall–Kier alpha value is -0.360. The summed E-state index contributed by atoms with van der Waals surface area (Å²) in [5.41, 5.74) is 6.82. The molecule has 19 heavy (non-hydrogen) atoms. The first-order valence-corrected chi connectivity index (χ1v) is 6.96. The van der Waals surface area contributed by atoms with Gasteiger partial charge in [-0.15, -0.1) is 36.2 Å². The molecule has 0 aromatic carbocycles. The van der Waals surface area contributed by atoms with Gasteiger partial charge in [0.1, 0.15) is 5.01 Å². The van der Waals surface area contributed by atoms with E-state index in [-0.39, 0.29) is 36.8 Å². The van der Waals surface area contributed by atoms with Crippen molar-refractivity contribution in [1.29, 1.82) is 0 Å². The van der Waals surface area contributed by atoms with Crippen molar-refractivity contribution in [2.24, 2.45) is 5.73 Å². The minimum atomic E-state index is -0.0838. The van der Waals surface area contributed by atoms with Gasteiger partial charge < -0.3 is 11.1 Å². The van der Waals surface area contributed by atoms with Crippen LogP contribution in [-0.4, -0.2) is 16.9 Å². The molecule has 1 amide bonds. The number of rotatable bonds is 4. The van der Waals surface area contributed by atoms with Crippen LogP contribution in [0.15, 0.2) is 0 Å². The highest BCUT2D eigenvalue weighted by Crippen LogP contribution is 2.26. The maximum absolute atomic E-state index is 11.5. The van der Waals surface area contributed by atoms with Gasteiger partial charge in [0.05, 0.1) is 12.2 Å². The maximum Gasteiger partial charge on any atom is 0.221 e. The molecule has 4 nitrogen and oxygen atoms in total. The number of hydrogen-bond donors (Lipinski definition) is 2. The highest BCUT2D eigenvalue weighted by atomic mass is 35.5. The quantitative estimate of drug-likeness (QED) is 0.891. The van der Waals surface area contributed by atoms with Crippen molar-refractivity contribution >= 4 is 42.1 Å². The largest absolute Gasteiger partial charge is 0.350 e. The summed E-state index contributed by atoms with van der Waals surface area (Å²) >= 11 is 1.74. The molecule has 1 unspecified atom stereocenters. The van der Waals surface area contributed by atoms with Crippen LogP contribution >= 0.6 is 36.2 Å². The van der Waals surface area contributed by atoms with E-state index < -0.39 is 0 Å². The molecule has 0 saturated heterocycles. The lowest BCUT2D eigenvalue weighted by atomic mass is 10.0. The summed E-state index contributed by atoms with van der Waals surface area (Å²) in [5, 5.41) is 3.89. The van der Waals surface area contributed by atoms with Crippen molar-refractivity contribution in [3.8, 4) is 0 Å². The summed E-state index contributed by atoms with van der Waals surface area (Å²) in [6.07, 6.45) is 5.14. The normalized spacial score (nSPS) is 14.6. The number of carbonyl (C=O) groups excluding carboxylic acids is 1. The Balaban J connectivity index is 0.00000162. The van der Waals surface area contributed by atoms with Crippen LogP contribution in [0.5, 0.6) is 0 Å². The van der Waals surface area contributed by atoms with E-state index in [1.165, 1.54) is 23.4 Å². The number of fused-ring (bicyclic) bond motifs is 1. The summed E-state index contributed by atoms with van der Waals surface area (Å²) in [4.78, 5) is 17.4. The molecule has 2 rings (SSSR count). The van der Waals surface area contributed by atoms with E-state index in [0.717, 1.165) is 17.8 Å². The van der Waals surface area contributed by atoms with Crippen molar-refractivity contribution in [2.45, 2.75) is 51.6 Å². The molecule has 0 aliphatic heterocycles. The fourth-order valence-electron chi connectivity index (χ4n) is 2.02. The third-order valence-corrected chi connectivity index (χ3v) is 3.99. The molecule has 0 saturated carbocycles. The third kappa shape index (κ3) is 5.65. The lowest BCUT2D eigenvalue weighted by Gasteiger charge is -2.06. The molecule has 1 heterocycles. The summed E-state index contributed by atoms with van der Waals surface area (Å²) < 4.78 is 0. The minimum Gasteiger partial charge on any atom is -0.350 e. The number of hydrogen-bond acceptors (Lipinski definition) is 4. The fraction of sp³-hybridized carbons (Fsp3) is 0.667. The minimum absolute atomic E-state index is 0. The van der Waals surface area contributed by atoms with Crippen LogP contribution in [0.1, 0.15) is 41.8 Å². The number of halogens is 2. The zero-order valence-electron chi connectivity index (χ0n) is 11.0. The first-order valence-electron chi connectivity index (χ1n) is 6.15. The molecule has 110 valence electrons. The molecular weight excluding hydrogens is 305 g/mol. The van der Waals surface area contributed by atoms with E-state index in [1.807, 2.05) is 6.92 Å². The number of aryl methyl sites for hydroxylation is 2. The van der Waals surface area contributed by atoms with E-state index in [2.05, 4.69) is 10.3 Å². The zero-order chi connectivity index (χ0) is 12.3. The second-order valence-electron chi connectivity index (χ2n) is 4.64. The van der Waals surface area contributed by atoms with E-state index in [4.69, 9.17) is 5.73 Å². The van der Waals surface area contributed by atoms with Gasteiger partial charge in [-0.3, -0.25) is 4.79 Å².